The number of nitrogens with one attached hydrogen (secondary N) is 2. The lowest BCUT2D eigenvalue weighted by atomic mass is 9.99. The molecule has 4 rings (SSSR count). The minimum atomic E-state index is -0.573. The fourth-order valence-corrected chi connectivity index (χ4v) is 4.22. The van der Waals surface area contributed by atoms with E-state index in [9.17, 15) is 9.59 Å². The zero-order chi connectivity index (χ0) is 23.5. The van der Waals surface area contributed by atoms with Gasteiger partial charge in [-0.2, -0.15) is 0 Å². The van der Waals surface area contributed by atoms with Gasteiger partial charge in [0.25, 0.3) is 0 Å². The fraction of sp³-hybridized carbons (Fsp3) is 0.333. The van der Waals surface area contributed by atoms with Gasteiger partial charge in [-0.15, -0.1) is 0 Å². The van der Waals surface area contributed by atoms with Crippen molar-refractivity contribution in [1.82, 2.24) is 9.88 Å². The third kappa shape index (κ3) is 4.31. The van der Waals surface area contributed by atoms with Gasteiger partial charge in [-0.25, -0.2) is 4.79 Å². The Labute approximate surface area is 191 Å². The van der Waals surface area contributed by atoms with E-state index in [2.05, 4.69) is 10.3 Å². The van der Waals surface area contributed by atoms with Gasteiger partial charge in [0.2, 0.25) is 5.91 Å². The maximum absolute atomic E-state index is 13.0. The molecule has 0 radical (unpaired) electrons. The lowest BCUT2D eigenvalue weighted by molar-refractivity contribution is -0.117. The molecule has 2 aromatic carbocycles. The smallest absolute Gasteiger partial charge is 0.356 e. The van der Waals surface area contributed by atoms with Crippen LogP contribution in [-0.4, -0.2) is 63.3 Å². The van der Waals surface area contributed by atoms with E-state index in [1.807, 2.05) is 23.1 Å². The zero-order valence-corrected chi connectivity index (χ0v) is 19.1. The lowest BCUT2D eigenvalue weighted by Gasteiger charge is -2.29. The largest absolute Gasteiger partial charge is 0.496 e. The number of aromatic amines is 1. The standard InChI is InChI=1S/C24H27N3O6/c1-30-17-7-5-6-16-21(17)22(23(25-16)24(29)33-4)26-20(28)13-27-9-8-14-10-18(31-2)19(32-3)11-15(14)12-27/h5-7,10-11,25H,8-9,12-13H2,1-4H3,(H,26,28). The van der Waals surface area contributed by atoms with Gasteiger partial charge in [-0.1, -0.05) is 6.07 Å². The molecule has 1 aliphatic heterocycles. The van der Waals surface area contributed by atoms with E-state index in [0.29, 0.717) is 40.4 Å². The molecule has 9 heteroatoms. The monoisotopic (exact) mass is 453 g/mol. The Morgan fingerprint density at radius 1 is 1.00 bits per heavy atom. The van der Waals surface area contributed by atoms with Crippen molar-refractivity contribution in [3.05, 3.63) is 47.2 Å². The summed E-state index contributed by atoms with van der Waals surface area (Å²) in [5.74, 6) is 1.09. The van der Waals surface area contributed by atoms with Crippen molar-refractivity contribution in [3.63, 3.8) is 0 Å². The van der Waals surface area contributed by atoms with Gasteiger partial charge >= 0.3 is 5.97 Å². The highest BCUT2D eigenvalue weighted by Gasteiger charge is 2.25. The highest BCUT2D eigenvalue weighted by atomic mass is 16.5. The summed E-state index contributed by atoms with van der Waals surface area (Å²) in [4.78, 5) is 30.4. The number of esters is 1. The van der Waals surface area contributed by atoms with Gasteiger partial charge in [0.1, 0.15) is 11.4 Å². The Bertz CT molecular complexity index is 1200. The van der Waals surface area contributed by atoms with Crippen LogP contribution in [-0.2, 0) is 22.5 Å². The van der Waals surface area contributed by atoms with Gasteiger partial charge in [0, 0.05) is 13.1 Å². The van der Waals surface area contributed by atoms with Gasteiger partial charge in [-0.05, 0) is 41.8 Å². The number of hydrogen-bond acceptors (Lipinski definition) is 7. The first-order valence-corrected chi connectivity index (χ1v) is 10.5. The summed E-state index contributed by atoms with van der Waals surface area (Å²) < 4.78 is 21.2. The predicted molar refractivity (Wildman–Crippen MR) is 123 cm³/mol. The van der Waals surface area contributed by atoms with Gasteiger partial charge in [0.15, 0.2) is 11.5 Å². The number of H-pyrrole nitrogens is 1. The average Bonchev–Trinajstić information content (AvgIpc) is 3.20. The van der Waals surface area contributed by atoms with Crippen LogP contribution in [0.2, 0.25) is 0 Å². The number of aromatic nitrogens is 1. The number of nitrogens with zero attached hydrogens (tertiary/aromatic N) is 1. The Kier molecular flexibility index (Phi) is 6.41. The van der Waals surface area contributed by atoms with Crippen LogP contribution in [0.4, 0.5) is 5.69 Å². The number of methoxy groups -OCH3 is 4. The summed E-state index contributed by atoms with van der Waals surface area (Å²) >= 11 is 0. The van der Waals surface area contributed by atoms with Crippen LogP contribution in [0.5, 0.6) is 17.2 Å². The number of benzene rings is 2. The Hall–Kier alpha value is -3.72. The summed E-state index contributed by atoms with van der Waals surface area (Å²) in [6.45, 7) is 1.48. The molecule has 33 heavy (non-hydrogen) atoms. The summed E-state index contributed by atoms with van der Waals surface area (Å²) in [6, 6.07) is 9.34. The predicted octanol–water partition coefficient (Wildman–Crippen LogP) is 2.98. The molecule has 1 aliphatic rings. The van der Waals surface area contributed by atoms with Crippen LogP contribution in [0.25, 0.3) is 10.9 Å². The van der Waals surface area contributed by atoms with E-state index in [4.69, 9.17) is 18.9 Å². The Morgan fingerprint density at radius 3 is 2.36 bits per heavy atom. The van der Waals surface area contributed by atoms with Crippen LogP contribution in [0.1, 0.15) is 21.6 Å². The molecule has 2 heterocycles. The van der Waals surface area contributed by atoms with Gasteiger partial charge in [-0.3, -0.25) is 9.69 Å². The molecule has 0 bridgehead atoms. The summed E-state index contributed by atoms with van der Waals surface area (Å²) in [6.07, 6.45) is 0.789. The van der Waals surface area contributed by atoms with Crippen molar-refractivity contribution in [1.29, 1.82) is 0 Å². The number of carbonyl (C=O) groups excluding carboxylic acids is 2. The van der Waals surface area contributed by atoms with Crippen molar-refractivity contribution in [3.8, 4) is 17.2 Å². The van der Waals surface area contributed by atoms with Crippen LogP contribution in [0, 0.1) is 0 Å². The molecule has 0 fully saturated rings. The van der Waals surface area contributed by atoms with Crippen molar-refractivity contribution in [2.24, 2.45) is 0 Å². The number of hydrogen-bond donors (Lipinski definition) is 2. The molecule has 0 atom stereocenters. The summed E-state index contributed by atoms with van der Waals surface area (Å²) in [5.41, 5.74) is 3.46. The van der Waals surface area contributed by atoms with Crippen LogP contribution < -0.4 is 19.5 Å². The Morgan fingerprint density at radius 2 is 1.70 bits per heavy atom. The molecule has 1 aromatic heterocycles. The van der Waals surface area contributed by atoms with Crippen molar-refractivity contribution >= 4 is 28.5 Å². The zero-order valence-electron chi connectivity index (χ0n) is 19.1. The van der Waals surface area contributed by atoms with Crippen LogP contribution >= 0.6 is 0 Å². The quantitative estimate of drug-likeness (QED) is 0.530. The molecule has 2 N–H and O–H groups in total. The molecule has 3 aromatic rings. The minimum absolute atomic E-state index is 0.163. The highest BCUT2D eigenvalue weighted by molar-refractivity contribution is 6.13. The van der Waals surface area contributed by atoms with E-state index in [-0.39, 0.29) is 18.1 Å². The number of carbonyl (C=O) groups is 2. The number of fused-ring (bicyclic) bond motifs is 2. The first kappa shape index (κ1) is 22.5. The summed E-state index contributed by atoms with van der Waals surface area (Å²) in [5, 5.41) is 3.52. The topological polar surface area (TPSA) is 102 Å². The van der Waals surface area contributed by atoms with Gasteiger partial charge < -0.3 is 29.2 Å². The van der Waals surface area contributed by atoms with E-state index < -0.39 is 5.97 Å². The van der Waals surface area contributed by atoms with E-state index in [1.54, 1.807) is 33.5 Å². The number of rotatable bonds is 7. The van der Waals surface area contributed by atoms with Crippen molar-refractivity contribution < 1.29 is 28.5 Å². The number of anilines is 1. The highest BCUT2D eigenvalue weighted by Crippen LogP contribution is 2.36. The van der Waals surface area contributed by atoms with Crippen molar-refractivity contribution in [2.75, 3.05) is 46.8 Å². The van der Waals surface area contributed by atoms with E-state index in [0.717, 1.165) is 18.5 Å². The molecule has 0 saturated heterocycles. The second-order valence-corrected chi connectivity index (χ2v) is 7.73. The molecule has 0 aliphatic carbocycles. The second-order valence-electron chi connectivity index (χ2n) is 7.73. The fourth-order valence-electron chi connectivity index (χ4n) is 4.22. The van der Waals surface area contributed by atoms with Crippen LogP contribution in [0.15, 0.2) is 30.3 Å². The molecule has 0 unspecified atom stereocenters. The van der Waals surface area contributed by atoms with E-state index in [1.165, 1.54) is 12.7 Å². The van der Waals surface area contributed by atoms with Crippen LogP contribution in [0.3, 0.4) is 0 Å². The molecule has 9 nitrogen and oxygen atoms in total. The number of ether oxygens (including phenoxy) is 4. The molecular formula is C24H27N3O6. The molecule has 0 saturated carbocycles. The Balaban J connectivity index is 1.56. The minimum Gasteiger partial charge on any atom is -0.496 e. The number of amides is 1. The summed E-state index contributed by atoms with van der Waals surface area (Å²) in [7, 11) is 6.06. The molecular weight excluding hydrogens is 426 g/mol. The van der Waals surface area contributed by atoms with Gasteiger partial charge in [0.05, 0.1) is 51.6 Å². The lowest BCUT2D eigenvalue weighted by Crippen LogP contribution is -2.37. The normalized spacial score (nSPS) is 13.3. The van der Waals surface area contributed by atoms with Crippen molar-refractivity contribution in [2.45, 2.75) is 13.0 Å². The second kappa shape index (κ2) is 9.41. The third-order valence-electron chi connectivity index (χ3n) is 5.82. The molecule has 0 spiro atoms. The molecule has 1 amide bonds. The maximum atomic E-state index is 13.0. The first-order valence-electron chi connectivity index (χ1n) is 10.5. The van der Waals surface area contributed by atoms with E-state index >= 15 is 0 Å². The third-order valence-corrected chi connectivity index (χ3v) is 5.82. The first-order chi connectivity index (χ1) is 16.0. The SMILES string of the molecule is COC(=O)c1[nH]c2cccc(OC)c2c1NC(=O)CN1CCc2cc(OC)c(OC)cc2C1. The maximum Gasteiger partial charge on any atom is 0.356 e. The molecule has 174 valence electrons. The average molecular weight is 453 g/mol.